The number of amides is 1. The predicted molar refractivity (Wildman–Crippen MR) is 95.0 cm³/mol. The summed E-state index contributed by atoms with van der Waals surface area (Å²) < 4.78 is 0. The second kappa shape index (κ2) is 6.24. The van der Waals surface area contributed by atoms with Gasteiger partial charge in [-0.15, -0.1) is 0 Å². The zero-order valence-electron chi connectivity index (χ0n) is 14.1. The average Bonchev–Trinajstić information content (AvgIpc) is 2.60. The number of hydrogen-bond donors (Lipinski definition) is 2. The molecule has 0 bridgehead atoms. The molecule has 1 aliphatic carbocycles. The minimum absolute atomic E-state index is 0.00298. The fraction of sp³-hybridized carbons (Fsp3) is 0.368. The van der Waals surface area contributed by atoms with Gasteiger partial charge in [0.15, 0.2) is 5.96 Å². The third-order valence-corrected chi connectivity index (χ3v) is 4.91. The Labute approximate surface area is 142 Å². The molecule has 0 radical (unpaired) electrons. The summed E-state index contributed by atoms with van der Waals surface area (Å²) in [5.74, 6) is 0.379. The van der Waals surface area contributed by atoms with E-state index in [0.717, 1.165) is 23.1 Å². The lowest BCUT2D eigenvalue weighted by Gasteiger charge is -2.38. The van der Waals surface area contributed by atoms with E-state index >= 15 is 0 Å². The van der Waals surface area contributed by atoms with Crippen LogP contribution in [0.15, 0.2) is 47.5 Å². The van der Waals surface area contributed by atoms with Gasteiger partial charge in [-0.2, -0.15) is 0 Å². The van der Waals surface area contributed by atoms with Crippen molar-refractivity contribution >= 4 is 17.4 Å². The summed E-state index contributed by atoms with van der Waals surface area (Å²) in [6, 6.07) is 7.85. The minimum Gasteiger partial charge on any atom is -0.392 e. The van der Waals surface area contributed by atoms with Crippen molar-refractivity contribution in [3.8, 4) is 0 Å². The van der Waals surface area contributed by atoms with Crippen LogP contribution in [0.5, 0.6) is 0 Å². The molecule has 1 aromatic carbocycles. The molecule has 5 heteroatoms. The number of nitrogens with zero attached hydrogens (tertiary/aromatic N) is 2. The van der Waals surface area contributed by atoms with E-state index in [1.54, 1.807) is 7.05 Å². The van der Waals surface area contributed by atoms with Gasteiger partial charge in [0.1, 0.15) is 0 Å². The first-order valence-corrected chi connectivity index (χ1v) is 8.13. The Kier molecular flexibility index (Phi) is 4.28. The van der Waals surface area contributed by atoms with Gasteiger partial charge in [-0.25, -0.2) is 4.99 Å². The number of allylic oxidation sites excluding steroid dienone is 3. The van der Waals surface area contributed by atoms with Crippen LogP contribution < -0.4 is 5.73 Å². The third kappa shape index (κ3) is 2.99. The molecular formula is C19H23N3O2. The molecule has 2 atom stereocenters. The summed E-state index contributed by atoms with van der Waals surface area (Å²) in [4.78, 5) is 18.2. The molecular weight excluding hydrogens is 302 g/mol. The number of guanidine groups is 1. The maximum absolute atomic E-state index is 12.2. The van der Waals surface area contributed by atoms with Crippen LogP contribution in [0.1, 0.15) is 30.9 Å². The number of carbonyl (C=O) groups is 1. The molecule has 0 spiro atoms. The van der Waals surface area contributed by atoms with E-state index in [-0.39, 0.29) is 24.4 Å². The molecule has 1 heterocycles. The minimum atomic E-state index is -0.529. The van der Waals surface area contributed by atoms with Gasteiger partial charge in [-0.05, 0) is 36.1 Å². The Hall–Kier alpha value is -2.40. The zero-order chi connectivity index (χ0) is 17.3. The van der Waals surface area contributed by atoms with Crippen molar-refractivity contribution in [1.82, 2.24) is 4.90 Å². The highest BCUT2D eigenvalue weighted by molar-refractivity contribution is 5.98. The zero-order valence-corrected chi connectivity index (χ0v) is 14.1. The molecule has 0 saturated heterocycles. The van der Waals surface area contributed by atoms with Crippen LogP contribution in [0.25, 0.3) is 5.57 Å². The van der Waals surface area contributed by atoms with Gasteiger partial charge in [-0.3, -0.25) is 9.69 Å². The van der Waals surface area contributed by atoms with Crippen molar-refractivity contribution in [1.29, 1.82) is 0 Å². The van der Waals surface area contributed by atoms with Crippen LogP contribution in [-0.4, -0.2) is 34.5 Å². The van der Waals surface area contributed by atoms with Crippen LogP contribution in [-0.2, 0) is 11.4 Å². The summed E-state index contributed by atoms with van der Waals surface area (Å²) >= 11 is 0. The number of hydrogen-bond acceptors (Lipinski definition) is 4. The maximum atomic E-state index is 12.2. The van der Waals surface area contributed by atoms with Crippen LogP contribution in [0.3, 0.4) is 0 Å². The largest absolute Gasteiger partial charge is 0.392 e. The second-order valence-corrected chi connectivity index (χ2v) is 6.68. The summed E-state index contributed by atoms with van der Waals surface area (Å²) in [6.45, 7) is 2.01. The quantitative estimate of drug-likeness (QED) is 0.893. The van der Waals surface area contributed by atoms with Crippen LogP contribution >= 0.6 is 0 Å². The molecule has 1 aliphatic heterocycles. The van der Waals surface area contributed by atoms with Gasteiger partial charge in [0.25, 0.3) is 0 Å². The normalized spacial score (nSPS) is 27.0. The van der Waals surface area contributed by atoms with Crippen molar-refractivity contribution < 1.29 is 9.90 Å². The molecule has 24 heavy (non-hydrogen) atoms. The maximum Gasteiger partial charge on any atom is 0.231 e. The molecule has 1 amide bonds. The van der Waals surface area contributed by atoms with Crippen molar-refractivity contribution in [3.05, 3.63) is 53.6 Å². The molecule has 0 fully saturated rings. The SMILES string of the molecule is CN1C(=O)C[C@@](C)(C2C=C(c3cccc(CO)c3)C=CC2)N=C1N. The lowest BCUT2D eigenvalue weighted by atomic mass is 9.76. The van der Waals surface area contributed by atoms with Gasteiger partial charge >= 0.3 is 0 Å². The Bertz CT molecular complexity index is 751. The Morgan fingerprint density at radius 1 is 1.46 bits per heavy atom. The van der Waals surface area contributed by atoms with E-state index in [2.05, 4.69) is 23.2 Å². The molecule has 5 nitrogen and oxygen atoms in total. The Morgan fingerprint density at radius 2 is 2.25 bits per heavy atom. The van der Waals surface area contributed by atoms with Crippen LogP contribution in [0.2, 0.25) is 0 Å². The van der Waals surface area contributed by atoms with Gasteiger partial charge in [0, 0.05) is 13.0 Å². The van der Waals surface area contributed by atoms with E-state index in [1.807, 2.05) is 31.2 Å². The number of aliphatic hydroxyl groups is 1. The number of nitrogens with two attached hydrogens (primary N) is 1. The monoisotopic (exact) mass is 325 g/mol. The molecule has 3 rings (SSSR count). The standard InChI is InChI=1S/C19H23N3O2/c1-19(11-17(24)22(2)18(20)21-19)16-8-4-7-15(10-16)14-6-3-5-13(9-14)12-23/h3-7,9-10,16,23H,8,11-12H2,1-2H3,(H2,20,21)/t16?,19-/m0/s1. The van der Waals surface area contributed by atoms with Gasteiger partial charge in [-0.1, -0.05) is 36.4 Å². The number of benzene rings is 1. The van der Waals surface area contributed by atoms with E-state index in [1.165, 1.54) is 4.90 Å². The third-order valence-electron chi connectivity index (χ3n) is 4.91. The summed E-state index contributed by atoms with van der Waals surface area (Å²) in [7, 11) is 1.66. The van der Waals surface area contributed by atoms with Gasteiger partial charge < -0.3 is 10.8 Å². The van der Waals surface area contributed by atoms with Gasteiger partial charge in [0.05, 0.1) is 18.6 Å². The lowest BCUT2D eigenvalue weighted by Crippen LogP contribution is -2.51. The first kappa shape index (κ1) is 16.5. The van der Waals surface area contributed by atoms with Crippen molar-refractivity contribution in [2.75, 3.05) is 7.05 Å². The highest BCUT2D eigenvalue weighted by atomic mass is 16.3. The Balaban J connectivity index is 1.94. The van der Waals surface area contributed by atoms with E-state index in [9.17, 15) is 9.90 Å². The average molecular weight is 325 g/mol. The second-order valence-electron chi connectivity index (χ2n) is 6.68. The van der Waals surface area contributed by atoms with Crippen molar-refractivity contribution in [2.24, 2.45) is 16.6 Å². The fourth-order valence-corrected chi connectivity index (χ4v) is 3.30. The van der Waals surface area contributed by atoms with Gasteiger partial charge in [0.2, 0.25) is 5.91 Å². The van der Waals surface area contributed by atoms with Crippen molar-refractivity contribution in [2.45, 2.75) is 31.9 Å². The molecule has 126 valence electrons. The van der Waals surface area contributed by atoms with Crippen LogP contribution in [0.4, 0.5) is 0 Å². The fourth-order valence-electron chi connectivity index (χ4n) is 3.30. The number of carbonyl (C=O) groups excluding carboxylic acids is 1. The number of aliphatic hydroxyl groups excluding tert-OH is 1. The molecule has 0 aromatic heterocycles. The molecule has 2 aliphatic rings. The summed E-state index contributed by atoms with van der Waals surface area (Å²) in [5.41, 5.74) is 8.42. The number of aliphatic imine (C=N–C) groups is 1. The molecule has 3 N–H and O–H groups in total. The smallest absolute Gasteiger partial charge is 0.231 e. The summed E-state index contributed by atoms with van der Waals surface area (Å²) in [6.07, 6.45) is 7.55. The highest BCUT2D eigenvalue weighted by Crippen LogP contribution is 2.37. The highest BCUT2D eigenvalue weighted by Gasteiger charge is 2.40. The predicted octanol–water partition coefficient (Wildman–Crippen LogP) is 2.07. The molecule has 0 saturated carbocycles. The van der Waals surface area contributed by atoms with E-state index in [0.29, 0.717) is 6.42 Å². The van der Waals surface area contributed by atoms with Crippen LogP contribution in [0, 0.1) is 5.92 Å². The molecule has 1 aromatic rings. The van der Waals surface area contributed by atoms with E-state index in [4.69, 9.17) is 5.73 Å². The first-order valence-electron chi connectivity index (χ1n) is 8.13. The molecule has 1 unspecified atom stereocenters. The lowest BCUT2D eigenvalue weighted by molar-refractivity contribution is -0.128. The topological polar surface area (TPSA) is 78.9 Å². The summed E-state index contributed by atoms with van der Waals surface area (Å²) in [5, 5.41) is 9.33. The first-order chi connectivity index (χ1) is 11.4. The van der Waals surface area contributed by atoms with E-state index < -0.39 is 5.54 Å². The Morgan fingerprint density at radius 3 is 2.96 bits per heavy atom. The number of rotatable bonds is 3. The van der Waals surface area contributed by atoms with Crippen molar-refractivity contribution in [3.63, 3.8) is 0 Å².